The molecule has 0 radical (unpaired) electrons. The maximum atomic E-state index is 14.2. The zero-order chi connectivity index (χ0) is 21.2. The number of benzene rings is 3. The first-order valence-electron chi connectivity index (χ1n) is 9.94. The van der Waals surface area contributed by atoms with Crippen LogP contribution in [0, 0.1) is 5.82 Å². The Morgan fingerprint density at radius 1 is 0.774 bits per heavy atom. The van der Waals surface area contributed by atoms with E-state index in [1.54, 1.807) is 36.7 Å². The molecule has 5 rings (SSSR count). The van der Waals surface area contributed by atoms with Gasteiger partial charge in [-0.1, -0.05) is 42.5 Å². The van der Waals surface area contributed by atoms with Crippen LogP contribution in [0.25, 0.3) is 22.3 Å². The van der Waals surface area contributed by atoms with Crippen LogP contribution in [-0.2, 0) is 4.79 Å². The zero-order valence-electron chi connectivity index (χ0n) is 16.5. The summed E-state index contributed by atoms with van der Waals surface area (Å²) < 4.78 is 14.2. The highest BCUT2D eigenvalue weighted by molar-refractivity contribution is 6.17. The number of aliphatic imine (C=N–C) groups is 1. The van der Waals surface area contributed by atoms with E-state index in [0.29, 0.717) is 28.2 Å². The van der Waals surface area contributed by atoms with E-state index in [1.165, 1.54) is 6.07 Å². The number of carbonyl (C=O) groups excluding carboxylic acids is 1. The molecule has 1 aromatic heterocycles. The van der Waals surface area contributed by atoms with Gasteiger partial charge >= 0.3 is 0 Å². The number of hydrogen-bond donors (Lipinski definition) is 1. The van der Waals surface area contributed by atoms with E-state index in [0.717, 1.165) is 16.7 Å². The Morgan fingerprint density at radius 2 is 1.58 bits per heavy atom. The van der Waals surface area contributed by atoms with E-state index in [4.69, 9.17) is 4.99 Å². The molecule has 0 saturated heterocycles. The molecule has 1 amide bonds. The Hall–Kier alpha value is -4.12. The molecule has 1 N–H and O–H groups in total. The maximum Gasteiger partial charge on any atom is 0.230 e. The number of amides is 1. The van der Waals surface area contributed by atoms with Crippen molar-refractivity contribution in [1.82, 2.24) is 4.98 Å². The third kappa shape index (κ3) is 3.85. The highest BCUT2D eigenvalue weighted by Gasteiger charge is 2.18. The number of carbonyl (C=O) groups is 1. The standard InChI is InChI=1S/C26H18FN3O/c27-22-7-2-1-6-21(22)19-8-9-23-25(15-19)30-26(31)16-24(29-23)20-5-3-4-18(14-20)17-10-12-28-13-11-17/h1-15H,16H2,(H,30,31). The Labute approximate surface area is 179 Å². The molecule has 0 spiro atoms. The van der Waals surface area contributed by atoms with Crippen molar-refractivity contribution in [1.29, 1.82) is 0 Å². The van der Waals surface area contributed by atoms with Crippen molar-refractivity contribution in [2.45, 2.75) is 6.42 Å². The molecule has 150 valence electrons. The Kier molecular flexibility index (Phi) is 4.84. The molecule has 3 aromatic carbocycles. The summed E-state index contributed by atoms with van der Waals surface area (Å²) in [4.78, 5) is 21.5. The summed E-state index contributed by atoms with van der Waals surface area (Å²) in [7, 11) is 0. The smallest absolute Gasteiger partial charge is 0.230 e. The van der Waals surface area contributed by atoms with Crippen molar-refractivity contribution in [3.63, 3.8) is 0 Å². The Morgan fingerprint density at radius 3 is 2.42 bits per heavy atom. The van der Waals surface area contributed by atoms with Crippen LogP contribution < -0.4 is 5.32 Å². The van der Waals surface area contributed by atoms with Crippen molar-refractivity contribution in [2.24, 2.45) is 4.99 Å². The van der Waals surface area contributed by atoms with Gasteiger partial charge in [-0.3, -0.25) is 14.8 Å². The van der Waals surface area contributed by atoms with Crippen LogP contribution in [-0.4, -0.2) is 16.6 Å². The van der Waals surface area contributed by atoms with Gasteiger partial charge in [-0.2, -0.15) is 0 Å². The van der Waals surface area contributed by atoms with Crippen molar-refractivity contribution < 1.29 is 9.18 Å². The van der Waals surface area contributed by atoms with Gasteiger partial charge in [0, 0.05) is 18.0 Å². The molecule has 0 atom stereocenters. The van der Waals surface area contributed by atoms with Gasteiger partial charge in [0.05, 0.1) is 23.5 Å². The fourth-order valence-corrected chi connectivity index (χ4v) is 3.72. The number of nitrogens with zero attached hydrogens (tertiary/aromatic N) is 2. The van der Waals surface area contributed by atoms with Crippen LogP contribution in [0.5, 0.6) is 0 Å². The average molecular weight is 407 g/mol. The molecule has 5 heteroatoms. The Balaban J connectivity index is 1.55. The van der Waals surface area contributed by atoms with Gasteiger partial charge in [-0.25, -0.2) is 4.39 Å². The molecule has 31 heavy (non-hydrogen) atoms. The van der Waals surface area contributed by atoms with Crippen molar-refractivity contribution in [3.8, 4) is 22.3 Å². The minimum atomic E-state index is -0.306. The first-order valence-corrected chi connectivity index (χ1v) is 9.94. The average Bonchev–Trinajstić information content (AvgIpc) is 2.97. The number of hydrogen-bond acceptors (Lipinski definition) is 3. The van der Waals surface area contributed by atoms with E-state index in [1.807, 2.05) is 48.5 Å². The molecule has 0 aliphatic carbocycles. The van der Waals surface area contributed by atoms with E-state index >= 15 is 0 Å². The zero-order valence-corrected chi connectivity index (χ0v) is 16.5. The number of rotatable bonds is 3. The van der Waals surface area contributed by atoms with Gasteiger partial charge in [-0.05, 0) is 58.7 Å². The molecule has 0 fully saturated rings. The Bertz CT molecular complexity index is 1320. The van der Waals surface area contributed by atoms with Gasteiger partial charge in [0.25, 0.3) is 0 Å². The first kappa shape index (κ1) is 18.9. The lowest BCUT2D eigenvalue weighted by atomic mass is 10.0. The van der Waals surface area contributed by atoms with E-state index in [9.17, 15) is 9.18 Å². The fraction of sp³-hybridized carbons (Fsp3) is 0.0385. The fourth-order valence-electron chi connectivity index (χ4n) is 3.72. The number of fused-ring (bicyclic) bond motifs is 1. The van der Waals surface area contributed by atoms with Gasteiger partial charge in [0.15, 0.2) is 0 Å². The second-order valence-electron chi connectivity index (χ2n) is 7.31. The lowest BCUT2D eigenvalue weighted by Crippen LogP contribution is -2.15. The summed E-state index contributed by atoms with van der Waals surface area (Å²) in [6.45, 7) is 0. The third-order valence-corrected chi connectivity index (χ3v) is 5.25. The van der Waals surface area contributed by atoms with E-state index < -0.39 is 0 Å². The maximum absolute atomic E-state index is 14.2. The topological polar surface area (TPSA) is 54.4 Å². The summed E-state index contributed by atoms with van der Waals surface area (Å²) in [5, 5.41) is 2.91. The molecule has 0 unspecified atom stereocenters. The summed E-state index contributed by atoms with van der Waals surface area (Å²) in [6, 6.07) is 23.8. The van der Waals surface area contributed by atoms with Crippen LogP contribution >= 0.6 is 0 Å². The van der Waals surface area contributed by atoms with Crippen LogP contribution in [0.15, 0.2) is 96.2 Å². The number of anilines is 1. The molecular weight excluding hydrogens is 389 g/mol. The molecule has 4 nitrogen and oxygen atoms in total. The number of pyridine rings is 1. The van der Waals surface area contributed by atoms with Gasteiger partial charge < -0.3 is 5.32 Å². The van der Waals surface area contributed by atoms with Gasteiger partial charge in [0.2, 0.25) is 5.91 Å². The van der Waals surface area contributed by atoms with E-state index in [-0.39, 0.29) is 18.1 Å². The van der Waals surface area contributed by atoms with Gasteiger partial charge in [0.1, 0.15) is 5.82 Å². The summed E-state index contributed by atoms with van der Waals surface area (Å²) >= 11 is 0. The predicted octanol–water partition coefficient (Wildman–Crippen LogP) is 6.02. The van der Waals surface area contributed by atoms with E-state index in [2.05, 4.69) is 10.3 Å². The molecular formula is C26H18FN3O. The van der Waals surface area contributed by atoms with Crippen molar-refractivity contribution in [2.75, 3.05) is 5.32 Å². The third-order valence-electron chi connectivity index (χ3n) is 5.25. The largest absolute Gasteiger partial charge is 0.324 e. The number of halogens is 1. The molecule has 1 aliphatic heterocycles. The molecule has 1 aliphatic rings. The molecule has 0 saturated carbocycles. The minimum Gasteiger partial charge on any atom is -0.324 e. The highest BCUT2D eigenvalue weighted by atomic mass is 19.1. The highest BCUT2D eigenvalue weighted by Crippen LogP contribution is 2.34. The summed E-state index contributed by atoms with van der Waals surface area (Å²) in [5.74, 6) is -0.461. The summed E-state index contributed by atoms with van der Waals surface area (Å²) in [5.41, 5.74) is 6.05. The van der Waals surface area contributed by atoms with Crippen LogP contribution in [0.2, 0.25) is 0 Å². The second-order valence-corrected chi connectivity index (χ2v) is 7.31. The molecule has 0 bridgehead atoms. The lowest BCUT2D eigenvalue weighted by molar-refractivity contribution is -0.115. The molecule has 4 aromatic rings. The van der Waals surface area contributed by atoms with Crippen molar-refractivity contribution >= 4 is 23.0 Å². The van der Waals surface area contributed by atoms with Crippen LogP contribution in [0.4, 0.5) is 15.8 Å². The van der Waals surface area contributed by atoms with Crippen molar-refractivity contribution in [3.05, 3.63) is 103 Å². The van der Waals surface area contributed by atoms with Crippen LogP contribution in [0.1, 0.15) is 12.0 Å². The van der Waals surface area contributed by atoms with Gasteiger partial charge in [-0.15, -0.1) is 0 Å². The second kappa shape index (κ2) is 7.95. The molecule has 2 heterocycles. The SMILES string of the molecule is O=C1CC(c2cccc(-c3ccncc3)c2)=Nc2ccc(-c3ccccc3F)cc2N1. The normalized spacial score (nSPS) is 13.1. The lowest BCUT2D eigenvalue weighted by Gasteiger charge is -2.09. The number of aromatic nitrogens is 1. The quantitative estimate of drug-likeness (QED) is 0.452. The first-order chi connectivity index (χ1) is 15.2. The number of nitrogens with one attached hydrogen (secondary N) is 1. The minimum absolute atomic E-state index is 0.155. The predicted molar refractivity (Wildman–Crippen MR) is 121 cm³/mol. The van der Waals surface area contributed by atoms with Crippen LogP contribution in [0.3, 0.4) is 0 Å². The summed E-state index contributed by atoms with van der Waals surface area (Å²) in [6.07, 6.45) is 3.66. The monoisotopic (exact) mass is 407 g/mol.